The summed E-state index contributed by atoms with van der Waals surface area (Å²) >= 11 is 11.7. The Morgan fingerprint density at radius 1 is 1.21 bits per heavy atom. The van der Waals surface area contributed by atoms with E-state index in [2.05, 4.69) is 15.3 Å². The second-order valence-electron chi connectivity index (χ2n) is 3.78. The number of carboxylic acids is 1. The van der Waals surface area contributed by atoms with Gasteiger partial charge in [0.15, 0.2) is 5.69 Å². The lowest BCUT2D eigenvalue weighted by Crippen LogP contribution is -2.06. The molecule has 5 nitrogen and oxygen atoms in total. The molecule has 0 saturated carbocycles. The van der Waals surface area contributed by atoms with E-state index >= 15 is 0 Å². The van der Waals surface area contributed by atoms with Crippen LogP contribution in [0.2, 0.25) is 10.0 Å². The Morgan fingerprint density at radius 2 is 1.95 bits per heavy atom. The summed E-state index contributed by atoms with van der Waals surface area (Å²) in [6.07, 6.45) is 0. The number of aromatic carboxylic acids is 1. The van der Waals surface area contributed by atoms with Gasteiger partial charge in [0.2, 0.25) is 5.95 Å². The first-order valence-corrected chi connectivity index (χ1v) is 6.02. The van der Waals surface area contributed by atoms with Crippen molar-refractivity contribution in [2.45, 2.75) is 6.92 Å². The highest BCUT2D eigenvalue weighted by molar-refractivity contribution is 6.42. The number of carbonyl (C=O) groups is 1. The largest absolute Gasteiger partial charge is 0.477 e. The molecule has 0 aliphatic carbocycles. The molecule has 0 aliphatic heterocycles. The summed E-state index contributed by atoms with van der Waals surface area (Å²) in [7, 11) is 0. The highest BCUT2D eigenvalue weighted by Crippen LogP contribution is 2.26. The summed E-state index contributed by atoms with van der Waals surface area (Å²) in [5, 5.41) is 12.6. The molecule has 0 unspecified atom stereocenters. The molecule has 0 saturated heterocycles. The quantitative estimate of drug-likeness (QED) is 0.906. The molecule has 1 aromatic carbocycles. The van der Waals surface area contributed by atoms with Gasteiger partial charge in [0, 0.05) is 11.4 Å². The van der Waals surface area contributed by atoms with Gasteiger partial charge in [0.25, 0.3) is 0 Å². The van der Waals surface area contributed by atoms with Gasteiger partial charge in [-0.25, -0.2) is 14.8 Å². The zero-order valence-electron chi connectivity index (χ0n) is 9.82. The maximum absolute atomic E-state index is 10.9. The van der Waals surface area contributed by atoms with Crippen molar-refractivity contribution < 1.29 is 9.90 Å². The molecule has 0 amide bonds. The molecule has 7 heteroatoms. The van der Waals surface area contributed by atoms with Crippen LogP contribution in [0.3, 0.4) is 0 Å². The zero-order valence-corrected chi connectivity index (χ0v) is 11.3. The summed E-state index contributed by atoms with van der Waals surface area (Å²) in [5.74, 6) is -0.918. The lowest BCUT2D eigenvalue weighted by Gasteiger charge is -2.07. The Kier molecular flexibility index (Phi) is 3.87. The summed E-state index contributed by atoms with van der Waals surface area (Å²) in [6, 6.07) is 6.32. The van der Waals surface area contributed by atoms with E-state index < -0.39 is 5.97 Å². The van der Waals surface area contributed by atoms with Gasteiger partial charge < -0.3 is 10.4 Å². The van der Waals surface area contributed by atoms with Gasteiger partial charge in [0.1, 0.15) is 0 Å². The minimum atomic E-state index is -1.11. The number of carboxylic acid groups (broad SMARTS) is 1. The molecular formula is C12H9Cl2N3O2. The second-order valence-corrected chi connectivity index (χ2v) is 4.59. The summed E-state index contributed by atoms with van der Waals surface area (Å²) in [5.41, 5.74) is 1.10. The Hall–Kier alpha value is -1.85. The number of hydrogen-bond donors (Lipinski definition) is 2. The summed E-state index contributed by atoms with van der Waals surface area (Å²) in [4.78, 5) is 18.9. The van der Waals surface area contributed by atoms with Crippen molar-refractivity contribution in [1.82, 2.24) is 9.97 Å². The van der Waals surface area contributed by atoms with Crippen molar-refractivity contribution in [2.75, 3.05) is 5.32 Å². The molecule has 2 aromatic rings. The zero-order chi connectivity index (χ0) is 14.0. The maximum Gasteiger partial charge on any atom is 0.354 e. The van der Waals surface area contributed by atoms with Gasteiger partial charge in [0.05, 0.1) is 10.0 Å². The van der Waals surface area contributed by atoms with E-state index in [0.717, 1.165) is 0 Å². The number of aromatic nitrogens is 2. The first kappa shape index (κ1) is 13.6. The van der Waals surface area contributed by atoms with Gasteiger partial charge in [-0.1, -0.05) is 23.2 Å². The van der Waals surface area contributed by atoms with Crippen molar-refractivity contribution in [2.24, 2.45) is 0 Å². The van der Waals surface area contributed by atoms with Crippen molar-refractivity contribution in [3.05, 3.63) is 45.7 Å². The van der Waals surface area contributed by atoms with Crippen LogP contribution >= 0.6 is 23.2 Å². The van der Waals surface area contributed by atoms with Crippen LogP contribution in [0.1, 0.15) is 16.2 Å². The fourth-order valence-corrected chi connectivity index (χ4v) is 1.74. The smallest absolute Gasteiger partial charge is 0.354 e. The number of nitrogens with zero attached hydrogens (tertiary/aromatic N) is 2. The molecule has 98 valence electrons. The molecule has 2 rings (SSSR count). The van der Waals surface area contributed by atoms with Gasteiger partial charge in [-0.15, -0.1) is 0 Å². The SMILES string of the molecule is Cc1cc(C(=O)O)nc(Nc2ccc(Cl)c(Cl)c2)n1. The van der Waals surface area contributed by atoms with E-state index in [-0.39, 0.29) is 11.6 Å². The Balaban J connectivity index is 2.32. The highest BCUT2D eigenvalue weighted by atomic mass is 35.5. The second kappa shape index (κ2) is 5.42. The van der Waals surface area contributed by atoms with E-state index in [1.807, 2.05) is 0 Å². The van der Waals surface area contributed by atoms with Gasteiger partial charge >= 0.3 is 5.97 Å². The lowest BCUT2D eigenvalue weighted by molar-refractivity contribution is 0.0690. The van der Waals surface area contributed by atoms with Gasteiger partial charge in [-0.05, 0) is 31.2 Å². The number of rotatable bonds is 3. The van der Waals surface area contributed by atoms with Crippen LogP contribution in [-0.4, -0.2) is 21.0 Å². The van der Waals surface area contributed by atoms with Crippen molar-refractivity contribution in [3.63, 3.8) is 0 Å². The fourth-order valence-electron chi connectivity index (χ4n) is 1.44. The predicted octanol–water partition coefficient (Wildman–Crippen LogP) is 3.53. The van der Waals surface area contributed by atoms with Crippen LogP contribution in [0.25, 0.3) is 0 Å². The standard InChI is InChI=1S/C12H9Cl2N3O2/c1-6-4-10(11(18)19)17-12(15-6)16-7-2-3-8(13)9(14)5-7/h2-5H,1H3,(H,18,19)(H,15,16,17). The van der Waals surface area contributed by atoms with E-state index in [1.54, 1.807) is 25.1 Å². The first-order valence-electron chi connectivity index (χ1n) is 5.27. The monoisotopic (exact) mass is 297 g/mol. The average Bonchev–Trinajstić information content (AvgIpc) is 2.33. The van der Waals surface area contributed by atoms with Crippen molar-refractivity contribution in [1.29, 1.82) is 0 Å². The molecule has 1 aromatic heterocycles. The van der Waals surface area contributed by atoms with Crippen molar-refractivity contribution >= 4 is 40.8 Å². The Bertz CT molecular complexity index is 647. The van der Waals surface area contributed by atoms with Crippen LogP contribution in [0.5, 0.6) is 0 Å². The average molecular weight is 298 g/mol. The maximum atomic E-state index is 10.9. The minimum Gasteiger partial charge on any atom is -0.477 e. The van der Waals surface area contributed by atoms with E-state index in [4.69, 9.17) is 28.3 Å². The number of benzene rings is 1. The Labute approximate surface area is 119 Å². The highest BCUT2D eigenvalue weighted by Gasteiger charge is 2.09. The third kappa shape index (κ3) is 3.33. The minimum absolute atomic E-state index is 0.0740. The predicted molar refractivity (Wildman–Crippen MR) is 73.5 cm³/mol. The van der Waals surface area contributed by atoms with Crippen LogP contribution in [0.15, 0.2) is 24.3 Å². The van der Waals surface area contributed by atoms with Gasteiger partial charge in [-0.2, -0.15) is 0 Å². The third-order valence-corrected chi connectivity index (χ3v) is 2.99. The van der Waals surface area contributed by atoms with Crippen LogP contribution in [0.4, 0.5) is 11.6 Å². The molecule has 0 atom stereocenters. The molecular weight excluding hydrogens is 289 g/mol. The van der Waals surface area contributed by atoms with Crippen LogP contribution in [-0.2, 0) is 0 Å². The number of aryl methyl sites for hydroxylation is 1. The summed E-state index contributed by atoms with van der Waals surface area (Å²) < 4.78 is 0. The van der Waals surface area contributed by atoms with Crippen LogP contribution in [0, 0.1) is 6.92 Å². The number of hydrogen-bond acceptors (Lipinski definition) is 4. The first-order chi connectivity index (χ1) is 8.95. The Morgan fingerprint density at radius 3 is 2.58 bits per heavy atom. The number of anilines is 2. The molecule has 1 heterocycles. The normalized spacial score (nSPS) is 10.3. The molecule has 0 fully saturated rings. The lowest BCUT2D eigenvalue weighted by atomic mass is 10.3. The summed E-state index contributed by atoms with van der Waals surface area (Å²) in [6.45, 7) is 1.69. The number of nitrogens with one attached hydrogen (secondary N) is 1. The third-order valence-electron chi connectivity index (χ3n) is 2.25. The molecule has 19 heavy (non-hydrogen) atoms. The van der Waals surface area contributed by atoms with E-state index in [1.165, 1.54) is 6.07 Å². The topological polar surface area (TPSA) is 75.1 Å². The fraction of sp³-hybridized carbons (Fsp3) is 0.0833. The molecule has 0 bridgehead atoms. The van der Waals surface area contributed by atoms with E-state index in [0.29, 0.717) is 21.4 Å². The molecule has 0 radical (unpaired) electrons. The van der Waals surface area contributed by atoms with Crippen molar-refractivity contribution in [3.8, 4) is 0 Å². The molecule has 0 aliphatic rings. The molecule has 2 N–H and O–H groups in total. The van der Waals surface area contributed by atoms with Gasteiger partial charge in [-0.3, -0.25) is 0 Å². The molecule has 0 spiro atoms. The number of halogens is 2. The van der Waals surface area contributed by atoms with Crippen LogP contribution < -0.4 is 5.32 Å². The van der Waals surface area contributed by atoms with E-state index in [9.17, 15) is 4.79 Å².